The Labute approximate surface area is 187 Å². The summed E-state index contributed by atoms with van der Waals surface area (Å²) < 4.78 is 16.8. The van der Waals surface area contributed by atoms with Crippen molar-refractivity contribution in [1.29, 1.82) is 0 Å². The highest BCUT2D eigenvalue weighted by Gasteiger charge is 2.38. The summed E-state index contributed by atoms with van der Waals surface area (Å²) in [6.45, 7) is 14.0. The first kappa shape index (κ1) is 24.0. The van der Waals surface area contributed by atoms with Crippen molar-refractivity contribution in [2.24, 2.45) is 0 Å². The zero-order valence-electron chi connectivity index (χ0n) is 19.8. The van der Waals surface area contributed by atoms with E-state index in [0.717, 1.165) is 32.8 Å². The van der Waals surface area contributed by atoms with Crippen molar-refractivity contribution in [2.45, 2.75) is 58.0 Å². The molecule has 0 bridgehead atoms. The molecular weight excluding hydrogens is 394 g/mol. The molecule has 2 saturated heterocycles. The fraction of sp³-hybridized carbons (Fsp3) is 0.708. The highest BCUT2D eigenvalue weighted by atomic mass is 16.6. The lowest BCUT2D eigenvalue weighted by atomic mass is 10.0. The lowest BCUT2D eigenvalue weighted by Gasteiger charge is -2.48. The molecule has 2 aliphatic heterocycles. The molecule has 0 saturated carbocycles. The normalized spacial score (nSPS) is 26.1. The summed E-state index contributed by atoms with van der Waals surface area (Å²) in [6, 6.07) is 11.1. The monoisotopic (exact) mass is 433 g/mol. The van der Waals surface area contributed by atoms with Crippen LogP contribution in [0.2, 0.25) is 0 Å². The molecule has 0 N–H and O–H groups in total. The predicted octanol–water partition coefficient (Wildman–Crippen LogP) is 2.84. The third-order valence-corrected chi connectivity index (χ3v) is 5.96. The third kappa shape index (κ3) is 6.91. The number of morpholine rings is 1. The van der Waals surface area contributed by atoms with Crippen LogP contribution in [0.1, 0.15) is 33.3 Å². The van der Waals surface area contributed by atoms with E-state index in [-0.39, 0.29) is 24.2 Å². The highest BCUT2D eigenvalue weighted by Crippen LogP contribution is 2.23. The van der Waals surface area contributed by atoms with E-state index in [9.17, 15) is 4.79 Å². The van der Waals surface area contributed by atoms with Crippen molar-refractivity contribution in [3.8, 4) is 0 Å². The number of ether oxygens (including phenoxy) is 3. The molecule has 2 heterocycles. The summed E-state index contributed by atoms with van der Waals surface area (Å²) in [4.78, 5) is 19.8. The van der Waals surface area contributed by atoms with E-state index in [1.165, 1.54) is 5.56 Å². The maximum atomic E-state index is 12.9. The van der Waals surface area contributed by atoms with Gasteiger partial charge in [0, 0.05) is 51.9 Å². The fourth-order valence-corrected chi connectivity index (χ4v) is 4.42. The predicted molar refractivity (Wildman–Crippen MR) is 121 cm³/mol. The number of piperazine rings is 1. The SMILES string of the molecule is COC[C@@H]1COCCN1C[C@H]1CN(C(=O)OC(C)(C)C)[C@H](C)CN1Cc1ccccc1. The van der Waals surface area contributed by atoms with Gasteiger partial charge in [-0.1, -0.05) is 30.3 Å². The van der Waals surface area contributed by atoms with Crippen molar-refractivity contribution < 1.29 is 19.0 Å². The molecule has 2 fully saturated rings. The van der Waals surface area contributed by atoms with Crippen molar-refractivity contribution in [3.05, 3.63) is 35.9 Å². The number of carbonyl (C=O) groups excluding carboxylic acids is 1. The second-order valence-electron chi connectivity index (χ2n) is 9.73. The maximum Gasteiger partial charge on any atom is 0.410 e. The number of hydrogen-bond donors (Lipinski definition) is 0. The van der Waals surface area contributed by atoms with Crippen LogP contribution in [0.5, 0.6) is 0 Å². The van der Waals surface area contributed by atoms with E-state index in [1.807, 2.05) is 31.7 Å². The average Bonchev–Trinajstić information content (AvgIpc) is 2.71. The molecule has 1 amide bonds. The summed E-state index contributed by atoms with van der Waals surface area (Å²) in [5, 5.41) is 0. The van der Waals surface area contributed by atoms with Gasteiger partial charge in [0.1, 0.15) is 5.60 Å². The topological polar surface area (TPSA) is 54.5 Å². The first-order valence-electron chi connectivity index (χ1n) is 11.3. The van der Waals surface area contributed by atoms with Gasteiger partial charge in [-0.3, -0.25) is 9.80 Å². The van der Waals surface area contributed by atoms with Crippen LogP contribution in [0.15, 0.2) is 30.3 Å². The number of nitrogens with zero attached hydrogens (tertiary/aromatic N) is 3. The van der Waals surface area contributed by atoms with Crippen molar-refractivity contribution in [2.75, 3.05) is 53.1 Å². The molecule has 174 valence electrons. The van der Waals surface area contributed by atoms with Crippen molar-refractivity contribution >= 4 is 6.09 Å². The van der Waals surface area contributed by atoms with E-state index < -0.39 is 5.60 Å². The molecule has 1 aromatic carbocycles. The molecule has 2 aliphatic rings. The largest absolute Gasteiger partial charge is 0.444 e. The van der Waals surface area contributed by atoms with Gasteiger partial charge in [-0.25, -0.2) is 4.79 Å². The number of amides is 1. The minimum absolute atomic E-state index is 0.0919. The highest BCUT2D eigenvalue weighted by molar-refractivity contribution is 5.68. The molecule has 0 aliphatic carbocycles. The first-order valence-corrected chi connectivity index (χ1v) is 11.3. The van der Waals surface area contributed by atoms with Gasteiger partial charge in [0.05, 0.1) is 25.9 Å². The molecule has 0 radical (unpaired) electrons. The zero-order valence-corrected chi connectivity index (χ0v) is 19.8. The number of hydrogen-bond acceptors (Lipinski definition) is 6. The Morgan fingerprint density at radius 1 is 1.13 bits per heavy atom. The summed E-state index contributed by atoms with van der Waals surface area (Å²) >= 11 is 0. The minimum atomic E-state index is -0.499. The minimum Gasteiger partial charge on any atom is -0.444 e. The Bertz CT molecular complexity index is 692. The Morgan fingerprint density at radius 3 is 2.55 bits per heavy atom. The molecule has 0 spiro atoms. The molecule has 0 aromatic heterocycles. The van der Waals surface area contributed by atoms with Crippen LogP contribution in [0.4, 0.5) is 4.79 Å². The van der Waals surface area contributed by atoms with Crippen molar-refractivity contribution in [3.63, 3.8) is 0 Å². The quantitative estimate of drug-likeness (QED) is 0.688. The Hall–Kier alpha value is -1.67. The molecule has 3 atom stereocenters. The number of methoxy groups -OCH3 is 1. The second-order valence-corrected chi connectivity index (χ2v) is 9.73. The van der Waals surface area contributed by atoms with E-state index in [4.69, 9.17) is 14.2 Å². The van der Waals surface area contributed by atoms with Crippen LogP contribution in [-0.2, 0) is 20.8 Å². The van der Waals surface area contributed by atoms with Crippen LogP contribution in [0.25, 0.3) is 0 Å². The standard InChI is InChI=1S/C24H39N3O4/c1-19-13-26(14-20-9-7-6-8-10-20)21(16-27(19)23(28)31-24(2,3)4)15-25-11-12-30-18-22(25)17-29-5/h6-10,19,21-22H,11-18H2,1-5H3/t19-,21+,22-/m1/s1. The molecule has 1 aromatic rings. The van der Waals surface area contributed by atoms with Gasteiger partial charge in [0.25, 0.3) is 0 Å². The molecule has 3 rings (SSSR count). The van der Waals surface area contributed by atoms with Gasteiger partial charge >= 0.3 is 6.09 Å². The van der Waals surface area contributed by atoms with E-state index in [2.05, 4.69) is 41.0 Å². The number of rotatable bonds is 6. The molecule has 7 heteroatoms. The van der Waals surface area contributed by atoms with Gasteiger partial charge in [0.15, 0.2) is 0 Å². The smallest absolute Gasteiger partial charge is 0.410 e. The van der Waals surface area contributed by atoms with Crippen LogP contribution in [0.3, 0.4) is 0 Å². The van der Waals surface area contributed by atoms with Crippen LogP contribution in [0, 0.1) is 0 Å². The summed E-state index contributed by atoms with van der Waals surface area (Å²) in [5.41, 5.74) is 0.794. The summed E-state index contributed by atoms with van der Waals surface area (Å²) in [6.07, 6.45) is -0.222. The van der Waals surface area contributed by atoms with Gasteiger partial charge in [-0.15, -0.1) is 0 Å². The van der Waals surface area contributed by atoms with Gasteiger partial charge in [-0.2, -0.15) is 0 Å². The van der Waals surface area contributed by atoms with E-state index in [0.29, 0.717) is 19.8 Å². The zero-order chi connectivity index (χ0) is 22.4. The lowest BCUT2D eigenvalue weighted by Crippen LogP contribution is -2.63. The molecule has 7 nitrogen and oxygen atoms in total. The molecule has 0 unspecified atom stereocenters. The average molecular weight is 434 g/mol. The van der Waals surface area contributed by atoms with Gasteiger partial charge in [-0.05, 0) is 33.3 Å². The van der Waals surface area contributed by atoms with Gasteiger partial charge in [0.2, 0.25) is 0 Å². The Kier molecular flexibility index (Phi) is 8.33. The van der Waals surface area contributed by atoms with Crippen LogP contribution >= 0.6 is 0 Å². The summed E-state index contributed by atoms with van der Waals surface area (Å²) in [5.74, 6) is 0. The van der Waals surface area contributed by atoms with Gasteiger partial charge < -0.3 is 19.1 Å². The van der Waals surface area contributed by atoms with Crippen LogP contribution < -0.4 is 0 Å². The number of carbonyl (C=O) groups is 1. The second kappa shape index (κ2) is 10.8. The number of benzene rings is 1. The maximum absolute atomic E-state index is 12.9. The molecular formula is C24H39N3O4. The van der Waals surface area contributed by atoms with Crippen molar-refractivity contribution in [1.82, 2.24) is 14.7 Å². The Morgan fingerprint density at radius 2 is 1.87 bits per heavy atom. The summed E-state index contributed by atoms with van der Waals surface area (Å²) in [7, 11) is 1.74. The van der Waals surface area contributed by atoms with E-state index in [1.54, 1.807) is 7.11 Å². The van der Waals surface area contributed by atoms with E-state index >= 15 is 0 Å². The third-order valence-electron chi connectivity index (χ3n) is 5.96. The van der Waals surface area contributed by atoms with Crippen LogP contribution in [-0.4, -0.2) is 97.6 Å². The fourth-order valence-electron chi connectivity index (χ4n) is 4.42. The first-order chi connectivity index (χ1) is 14.8. The lowest BCUT2D eigenvalue weighted by molar-refractivity contribution is -0.0601. The Balaban J connectivity index is 1.76. The molecule has 31 heavy (non-hydrogen) atoms.